The quantitative estimate of drug-likeness (QED) is 0.379. The van der Waals surface area contributed by atoms with Gasteiger partial charge < -0.3 is 4.74 Å². The Balaban J connectivity index is 4.15. The lowest BCUT2D eigenvalue weighted by Crippen LogP contribution is -2.22. The summed E-state index contributed by atoms with van der Waals surface area (Å²) in [4.78, 5) is 11.5. The smallest absolute Gasteiger partial charge is 0.306 e. The molecular formula is C16H32O2. The molecule has 1 atom stereocenters. The summed E-state index contributed by atoms with van der Waals surface area (Å²) in [5.74, 6) is -0.0514. The predicted molar refractivity (Wildman–Crippen MR) is 77.6 cm³/mol. The van der Waals surface area contributed by atoms with Crippen molar-refractivity contribution < 1.29 is 9.53 Å². The molecule has 0 saturated heterocycles. The van der Waals surface area contributed by atoms with Gasteiger partial charge in [0, 0.05) is 0 Å². The number of ether oxygens (including phenoxy) is 1. The van der Waals surface area contributed by atoms with Crippen molar-refractivity contribution in [3.8, 4) is 0 Å². The molecule has 0 heterocycles. The first-order chi connectivity index (χ1) is 8.58. The summed E-state index contributed by atoms with van der Waals surface area (Å²) in [5.41, 5.74) is 0.149. The molecule has 18 heavy (non-hydrogen) atoms. The van der Waals surface area contributed by atoms with Crippen LogP contribution < -0.4 is 0 Å². The van der Waals surface area contributed by atoms with E-state index in [9.17, 15) is 4.79 Å². The highest BCUT2D eigenvalue weighted by Crippen LogP contribution is 2.35. The van der Waals surface area contributed by atoms with Gasteiger partial charge in [0.15, 0.2) is 0 Å². The number of carbonyl (C=O) groups is 1. The van der Waals surface area contributed by atoms with Gasteiger partial charge >= 0.3 is 5.97 Å². The number of rotatable bonds is 11. The summed E-state index contributed by atoms with van der Waals surface area (Å²) in [5, 5.41) is 0. The number of carbonyl (C=O) groups excluding carboxylic acids is 1. The highest BCUT2D eigenvalue weighted by Gasteiger charge is 2.26. The summed E-state index contributed by atoms with van der Waals surface area (Å²) < 4.78 is 4.84. The molecule has 0 aliphatic heterocycles. The topological polar surface area (TPSA) is 26.3 Å². The van der Waals surface area contributed by atoms with Crippen LogP contribution in [0.2, 0.25) is 0 Å². The average Bonchev–Trinajstić information content (AvgIpc) is 2.35. The maximum Gasteiger partial charge on any atom is 0.306 e. The minimum absolute atomic E-state index is 0.0514. The number of esters is 1. The molecule has 2 nitrogen and oxygen atoms in total. The summed E-state index contributed by atoms with van der Waals surface area (Å²) in [6.07, 6.45) is 11.8. The van der Waals surface area contributed by atoms with Crippen molar-refractivity contribution in [3.63, 3.8) is 0 Å². The van der Waals surface area contributed by atoms with Crippen LogP contribution in [0, 0.1) is 5.41 Å². The van der Waals surface area contributed by atoms with Crippen LogP contribution in [0.25, 0.3) is 0 Å². The molecule has 0 amide bonds. The highest BCUT2D eigenvalue weighted by atomic mass is 16.5. The fourth-order valence-corrected chi connectivity index (χ4v) is 2.50. The van der Waals surface area contributed by atoms with Gasteiger partial charge in [-0.3, -0.25) is 4.79 Å². The second-order valence-corrected chi connectivity index (χ2v) is 5.83. The zero-order valence-electron chi connectivity index (χ0n) is 12.9. The van der Waals surface area contributed by atoms with Crippen LogP contribution in [0.4, 0.5) is 0 Å². The molecule has 0 rings (SSSR count). The van der Waals surface area contributed by atoms with Crippen LogP contribution in [0.1, 0.15) is 85.0 Å². The number of hydrogen-bond acceptors (Lipinski definition) is 2. The minimum atomic E-state index is -0.0514. The van der Waals surface area contributed by atoms with Crippen LogP contribution in [0.3, 0.4) is 0 Å². The third kappa shape index (κ3) is 8.54. The molecule has 0 aliphatic rings. The molecule has 0 saturated carbocycles. The molecule has 0 bridgehead atoms. The van der Waals surface area contributed by atoms with Crippen LogP contribution in [0.15, 0.2) is 0 Å². The van der Waals surface area contributed by atoms with Crippen molar-refractivity contribution >= 4 is 5.97 Å². The Bertz CT molecular complexity index is 213. The molecule has 2 heteroatoms. The predicted octanol–water partition coefficient (Wildman–Crippen LogP) is 5.11. The lowest BCUT2D eigenvalue weighted by Gasteiger charge is -2.28. The molecule has 0 aromatic carbocycles. The Morgan fingerprint density at radius 2 is 1.44 bits per heavy atom. The van der Waals surface area contributed by atoms with Gasteiger partial charge in [0.1, 0.15) is 0 Å². The van der Waals surface area contributed by atoms with Crippen molar-refractivity contribution in [2.24, 2.45) is 5.41 Å². The Hall–Kier alpha value is -0.530. The van der Waals surface area contributed by atoms with E-state index in [2.05, 4.69) is 20.8 Å². The first-order valence-electron chi connectivity index (χ1n) is 7.64. The minimum Gasteiger partial charge on any atom is -0.469 e. The molecule has 0 radical (unpaired) electrons. The number of hydrogen-bond donors (Lipinski definition) is 0. The normalized spacial score (nSPS) is 14.2. The number of methoxy groups -OCH3 is 1. The van der Waals surface area contributed by atoms with E-state index in [0.29, 0.717) is 6.42 Å². The van der Waals surface area contributed by atoms with Crippen molar-refractivity contribution in [1.29, 1.82) is 0 Å². The van der Waals surface area contributed by atoms with Crippen molar-refractivity contribution in [2.75, 3.05) is 7.11 Å². The SMILES string of the molecule is CCCCCCC(C)(CCCCC)CC(=O)OC. The zero-order valence-corrected chi connectivity index (χ0v) is 12.9. The summed E-state index contributed by atoms with van der Waals surface area (Å²) in [6.45, 7) is 6.71. The standard InChI is InChI=1S/C16H32O2/c1-5-7-9-11-13-16(3,12-10-8-6-2)14-15(17)18-4/h5-14H2,1-4H3. The molecule has 0 spiro atoms. The Morgan fingerprint density at radius 1 is 0.944 bits per heavy atom. The van der Waals surface area contributed by atoms with Gasteiger partial charge in [0.05, 0.1) is 13.5 Å². The first kappa shape index (κ1) is 17.5. The van der Waals surface area contributed by atoms with E-state index in [1.165, 1.54) is 52.1 Å². The van der Waals surface area contributed by atoms with Crippen LogP contribution >= 0.6 is 0 Å². The van der Waals surface area contributed by atoms with E-state index in [1.54, 1.807) is 0 Å². The molecule has 0 aliphatic carbocycles. The molecular weight excluding hydrogens is 224 g/mol. The maximum absolute atomic E-state index is 11.5. The summed E-state index contributed by atoms with van der Waals surface area (Å²) in [7, 11) is 1.49. The van der Waals surface area contributed by atoms with Gasteiger partial charge in [-0.1, -0.05) is 65.7 Å². The molecule has 0 fully saturated rings. The molecule has 1 unspecified atom stereocenters. The van der Waals surface area contributed by atoms with E-state index in [0.717, 1.165) is 12.8 Å². The van der Waals surface area contributed by atoms with E-state index in [-0.39, 0.29) is 11.4 Å². The van der Waals surface area contributed by atoms with Crippen molar-refractivity contribution in [1.82, 2.24) is 0 Å². The summed E-state index contributed by atoms with van der Waals surface area (Å²) >= 11 is 0. The van der Waals surface area contributed by atoms with E-state index < -0.39 is 0 Å². The Kier molecular flexibility index (Phi) is 10.1. The van der Waals surface area contributed by atoms with Crippen LogP contribution in [0.5, 0.6) is 0 Å². The molecule has 108 valence electrons. The van der Waals surface area contributed by atoms with Gasteiger partial charge in [0.25, 0.3) is 0 Å². The second-order valence-electron chi connectivity index (χ2n) is 5.83. The lowest BCUT2D eigenvalue weighted by atomic mass is 9.77. The average molecular weight is 256 g/mol. The van der Waals surface area contributed by atoms with Gasteiger partial charge in [-0.15, -0.1) is 0 Å². The van der Waals surface area contributed by atoms with Gasteiger partial charge in [-0.25, -0.2) is 0 Å². The van der Waals surface area contributed by atoms with Gasteiger partial charge in [-0.05, 0) is 18.3 Å². The second kappa shape index (κ2) is 10.4. The highest BCUT2D eigenvalue weighted by molar-refractivity contribution is 5.70. The zero-order chi connectivity index (χ0) is 13.9. The van der Waals surface area contributed by atoms with Crippen molar-refractivity contribution in [2.45, 2.75) is 85.0 Å². The summed E-state index contributed by atoms with van der Waals surface area (Å²) in [6, 6.07) is 0. The van der Waals surface area contributed by atoms with Crippen molar-refractivity contribution in [3.05, 3.63) is 0 Å². The monoisotopic (exact) mass is 256 g/mol. The third-order valence-electron chi connectivity index (χ3n) is 3.82. The lowest BCUT2D eigenvalue weighted by molar-refractivity contribution is -0.143. The third-order valence-corrected chi connectivity index (χ3v) is 3.82. The molecule has 0 aromatic rings. The fourth-order valence-electron chi connectivity index (χ4n) is 2.50. The van der Waals surface area contributed by atoms with Gasteiger partial charge in [0.2, 0.25) is 0 Å². The Morgan fingerprint density at radius 3 is 1.94 bits per heavy atom. The number of unbranched alkanes of at least 4 members (excludes halogenated alkanes) is 5. The van der Waals surface area contributed by atoms with E-state index >= 15 is 0 Å². The van der Waals surface area contributed by atoms with E-state index in [4.69, 9.17) is 4.74 Å². The molecule has 0 N–H and O–H groups in total. The maximum atomic E-state index is 11.5. The fraction of sp³-hybridized carbons (Fsp3) is 0.938. The van der Waals surface area contributed by atoms with Crippen LogP contribution in [-0.4, -0.2) is 13.1 Å². The van der Waals surface area contributed by atoms with E-state index in [1.807, 2.05) is 0 Å². The van der Waals surface area contributed by atoms with Gasteiger partial charge in [-0.2, -0.15) is 0 Å². The van der Waals surface area contributed by atoms with Crippen LogP contribution in [-0.2, 0) is 9.53 Å². The first-order valence-corrected chi connectivity index (χ1v) is 7.64. The Labute approximate surface area is 113 Å². The largest absolute Gasteiger partial charge is 0.469 e. The molecule has 0 aromatic heterocycles.